The molecule has 0 unspecified atom stereocenters. The van der Waals surface area contributed by atoms with E-state index in [0.29, 0.717) is 20.6 Å². The Hall–Kier alpha value is -3.29. The lowest BCUT2D eigenvalue weighted by molar-refractivity contribution is -0.384. The van der Waals surface area contributed by atoms with Crippen molar-refractivity contribution in [3.63, 3.8) is 0 Å². The molecular formula is C20H17N3O5S2. The number of aromatic nitrogens is 1. The summed E-state index contributed by atoms with van der Waals surface area (Å²) < 4.78 is 26.0. The van der Waals surface area contributed by atoms with E-state index in [2.05, 4.69) is 10.9 Å². The standard InChI is InChI=1S/C20H17N3O5S2/c1-3-11-22-17-10-7-15(23(25)26)13-18(17)29-20(22)21-19(24)12-14-5-8-16(9-6-14)30(27,28)4-2/h1,5-10,13H,4,11-12H2,2H3. The maximum atomic E-state index is 12.5. The molecular weight excluding hydrogens is 426 g/mol. The van der Waals surface area contributed by atoms with E-state index in [4.69, 9.17) is 6.42 Å². The number of benzene rings is 2. The summed E-state index contributed by atoms with van der Waals surface area (Å²) in [4.78, 5) is 27.7. The van der Waals surface area contributed by atoms with Crippen LogP contribution in [0.3, 0.4) is 0 Å². The van der Waals surface area contributed by atoms with Crippen LogP contribution in [0.25, 0.3) is 10.2 Å². The molecule has 1 heterocycles. The molecule has 3 aromatic rings. The van der Waals surface area contributed by atoms with Gasteiger partial charge in [0, 0.05) is 12.1 Å². The lowest BCUT2D eigenvalue weighted by atomic mass is 10.1. The van der Waals surface area contributed by atoms with Gasteiger partial charge in [0.15, 0.2) is 14.6 Å². The molecule has 0 spiro atoms. The Kier molecular flexibility index (Phi) is 6.14. The lowest BCUT2D eigenvalue weighted by Crippen LogP contribution is -2.17. The highest BCUT2D eigenvalue weighted by atomic mass is 32.2. The summed E-state index contributed by atoms with van der Waals surface area (Å²) in [6.45, 7) is 1.73. The summed E-state index contributed by atoms with van der Waals surface area (Å²) in [7, 11) is -3.31. The van der Waals surface area contributed by atoms with Crippen LogP contribution >= 0.6 is 11.3 Å². The Morgan fingerprint density at radius 3 is 2.57 bits per heavy atom. The Balaban J connectivity index is 1.93. The maximum Gasteiger partial charge on any atom is 0.270 e. The quantitative estimate of drug-likeness (QED) is 0.330. The minimum Gasteiger partial charge on any atom is -0.305 e. The number of hydrogen-bond acceptors (Lipinski definition) is 6. The van der Waals surface area contributed by atoms with Crippen LogP contribution < -0.4 is 4.80 Å². The van der Waals surface area contributed by atoms with E-state index in [1.165, 1.54) is 24.3 Å². The Labute approximate surface area is 176 Å². The van der Waals surface area contributed by atoms with Crippen LogP contribution in [0, 0.1) is 22.5 Å². The molecule has 3 rings (SSSR count). The molecule has 8 nitrogen and oxygen atoms in total. The number of carbonyl (C=O) groups is 1. The maximum absolute atomic E-state index is 12.5. The molecule has 0 saturated heterocycles. The summed E-state index contributed by atoms with van der Waals surface area (Å²) in [5, 5.41) is 11.0. The number of rotatable bonds is 6. The van der Waals surface area contributed by atoms with E-state index in [1.54, 1.807) is 29.7 Å². The molecule has 0 aliphatic rings. The largest absolute Gasteiger partial charge is 0.305 e. The third-order valence-electron chi connectivity index (χ3n) is 4.36. The van der Waals surface area contributed by atoms with Crippen molar-refractivity contribution in [3.8, 4) is 12.3 Å². The van der Waals surface area contributed by atoms with Gasteiger partial charge in [0.2, 0.25) is 0 Å². The highest BCUT2D eigenvalue weighted by molar-refractivity contribution is 7.91. The number of nitro benzene ring substituents is 1. The minimum absolute atomic E-state index is 0.000111. The van der Waals surface area contributed by atoms with Gasteiger partial charge < -0.3 is 4.57 Å². The van der Waals surface area contributed by atoms with Gasteiger partial charge in [-0.05, 0) is 23.8 Å². The SMILES string of the molecule is C#CCn1c(=NC(=O)Cc2ccc(S(=O)(=O)CC)cc2)sc2cc([N+](=O)[O-])ccc21. The zero-order valence-electron chi connectivity index (χ0n) is 15.9. The van der Waals surface area contributed by atoms with Gasteiger partial charge in [0.25, 0.3) is 11.6 Å². The molecule has 0 saturated carbocycles. The average molecular weight is 444 g/mol. The van der Waals surface area contributed by atoms with Gasteiger partial charge in [0.05, 0.1) is 38.8 Å². The number of nitrogens with zero attached hydrogens (tertiary/aromatic N) is 3. The van der Waals surface area contributed by atoms with E-state index < -0.39 is 20.7 Å². The van der Waals surface area contributed by atoms with E-state index in [1.807, 2.05) is 0 Å². The third-order valence-corrected chi connectivity index (χ3v) is 7.16. The van der Waals surface area contributed by atoms with Crippen molar-refractivity contribution >= 4 is 43.0 Å². The smallest absolute Gasteiger partial charge is 0.270 e. The number of terminal acetylenes is 1. The molecule has 0 aliphatic carbocycles. The normalized spacial score (nSPS) is 12.1. The van der Waals surface area contributed by atoms with Crippen molar-refractivity contribution < 1.29 is 18.1 Å². The summed E-state index contributed by atoms with van der Waals surface area (Å²) in [6, 6.07) is 10.5. The predicted molar refractivity (Wildman–Crippen MR) is 114 cm³/mol. The number of hydrogen-bond donors (Lipinski definition) is 0. The van der Waals surface area contributed by atoms with Crippen LogP contribution in [0.1, 0.15) is 12.5 Å². The number of thiazole rings is 1. The fraction of sp³-hybridized carbons (Fsp3) is 0.200. The topological polar surface area (TPSA) is 112 Å². The van der Waals surface area contributed by atoms with Gasteiger partial charge in [-0.2, -0.15) is 4.99 Å². The number of non-ortho nitro benzene ring substituents is 1. The first-order valence-corrected chi connectivity index (χ1v) is 11.3. The molecule has 154 valence electrons. The number of amides is 1. The van der Waals surface area contributed by atoms with Gasteiger partial charge in [0.1, 0.15) is 0 Å². The van der Waals surface area contributed by atoms with E-state index in [0.717, 1.165) is 11.3 Å². The van der Waals surface area contributed by atoms with Crippen molar-refractivity contribution in [1.29, 1.82) is 0 Å². The second-order valence-corrected chi connectivity index (χ2v) is 9.60. The predicted octanol–water partition coefficient (Wildman–Crippen LogP) is 2.71. The van der Waals surface area contributed by atoms with E-state index >= 15 is 0 Å². The zero-order chi connectivity index (χ0) is 21.9. The van der Waals surface area contributed by atoms with Crippen LogP contribution in [0.5, 0.6) is 0 Å². The van der Waals surface area contributed by atoms with Crippen LogP contribution in [-0.2, 0) is 27.6 Å². The second-order valence-electron chi connectivity index (χ2n) is 6.31. The van der Waals surface area contributed by atoms with Gasteiger partial charge in [-0.25, -0.2) is 8.42 Å². The van der Waals surface area contributed by atoms with Gasteiger partial charge in [-0.15, -0.1) is 6.42 Å². The summed E-state index contributed by atoms with van der Waals surface area (Å²) >= 11 is 1.14. The van der Waals surface area contributed by atoms with Crippen molar-refractivity contribution in [2.24, 2.45) is 4.99 Å². The summed E-state index contributed by atoms with van der Waals surface area (Å²) in [5.74, 6) is 2.06. The third kappa shape index (κ3) is 4.48. The molecule has 1 aromatic heterocycles. The van der Waals surface area contributed by atoms with E-state index in [9.17, 15) is 23.3 Å². The highest BCUT2D eigenvalue weighted by Crippen LogP contribution is 2.23. The molecule has 0 bridgehead atoms. The molecule has 2 aromatic carbocycles. The second kappa shape index (κ2) is 8.61. The minimum atomic E-state index is -3.31. The average Bonchev–Trinajstić information content (AvgIpc) is 3.04. The first kappa shape index (κ1) is 21.4. The highest BCUT2D eigenvalue weighted by Gasteiger charge is 2.14. The van der Waals surface area contributed by atoms with Gasteiger partial charge >= 0.3 is 0 Å². The molecule has 0 fully saturated rings. The number of sulfone groups is 1. The fourth-order valence-electron chi connectivity index (χ4n) is 2.81. The van der Waals surface area contributed by atoms with Crippen molar-refractivity contribution in [2.75, 3.05) is 5.75 Å². The Morgan fingerprint density at radius 2 is 1.97 bits per heavy atom. The van der Waals surface area contributed by atoms with Gasteiger partial charge in [-0.3, -0.25) is 14.9 Å². The fourth-order valence-corrected chi connectivity index (χ4v) is 4.77. The molecule has 0 N–H and O–H groups in total. The van der Waals surface area contributed by atoms with E-state index in [-0.39, 0.29) is 29.3 Å². The Bertz CT molecular complexity index is 1340. The van der Waals surface area contributed by atoms with Crippen molar-refractivity contribution in [2.45, 2.75) is 24.8 Å². The monoisotopic (exact) mass is 443 g/mol. The molecule has 0 radical (unpaired) electrons. The van der Waals surface area contributed by atoms with Crippen LogP contribution in [0.4, 0.5) is 5.69 Å². The number of carbonyl (C=O) groups excluding carboxylic acids is 1. The van der Waals surface area contributed by atoms with Crippen molar-refractivity contribution in [1.82, 2.24) is 4.57 Å². The molecule has 10 heteroatoms. The van der Waals surface area contributed by atoms with Crippen molar-refractivity contribution in [3.05, 3.63) is 62.9 Å². The molecule has 0 aliphatic heterocycles. The lowest BCUT2D eigenvalue weighted by Gasteiger charge is -2.03. The Morgan fingerprint density at radius 1 is 1.27 bits per heavy atom. The molecule has 0 atom stereocenters. The zero-order valence-corrected chi connectivity index (χ0v) is 17.6. The molecule has 1 amide bonds. The molecule has 30 heavy (non-hydrogen) atoms. The van der Waals surface area contributed by atoms with Crippen LogP contribution in [-0.4, -0.2) is 29.6 Å². The van der Waals surface area contributed by atoms with Gasteiger partial charge in [-0.1, -0.05) is 36.3 Å². The first-order valence-electron chi connectivity index (χ1n) is 8.85. The number of nitro groups is 1. The number of fused-ring (bicyclic) bond motifs is 1. The van der Waals surface area contributed by atoms with Crippen LogP contribution in [0.15, 0.2) is 52.4 Å². The summed E-state index contributed by atoms with van der Waals surface area (Å²) in [5.41, 5.74) is 1.22. The van der Waals surface area contributed by atoms with Crippen LogP contribution in [0.2, 0.25) is 0 Å². The summed E-state index contributed by atoms with van der Waals surface area (Å²) in [6.07, 6.45) is 5.41. The first-order chi connectivity index (χ1) is 14.2.